The summed E-state index contributed by atoms with van der Waals surface area (Å²) >= 11 is 0. The van der Waals surface area contributed by atoms with Gasteiger partial charge >= 0.3 is 0 Å². The molecule has 0 radical (unpaired) electrons. The Bertz CT molecular complexity index is 517. The molecule has 0 bridgehead atoms. The zero-order valence-corrected chi connectivity index (χ0v) is 13.1. The van der Waals surface area contributed by atoms with E-state index in [-0.39, 0.29) is 12.7 Å². The molecule has 0 saturated heterocycles. The molecule has 1 fully saturated rings. The molecule has 1 saturated carbocycles. The molecule has 3 heteroatoms. The van der Waals surface area contributed by atoms with E-state index in [0.29, 0.717) is 11.8 Å². The highest BCUT2D eigenvalue weighted by atomic mass is 16.5. The van der Waals surface area contributed by atoms with Gasteiger partial charge in [-0.05, 0) is 49.3 Å². The molecular formula is C18H24O3. The first-order valence-corrected chi connectivity index (χ1v) is 7.56. The Morgan fingerprint density at radius 2 is 1.90 bits per heavy atom. The molecule has 2 atom stereocenters. The van der Waals surface area contributed by atoms with E-state index < -0.39 is 0 Å². The highest BCUT2D eigenvalue weighted by Gasteiger charge is 2.25. The van der Waals surface area contributed by atoms with E-state index in [4.69, 9.17) is 14.6 Å². The van der Waals surface area contributed by atoms with Crippen LogP contribution in [0.15, 0.2) is 18.2 Å². The maximum atomic E-state index is 8.89. The molecule has 2 unspecified atom stereocenters. The predicted molar refractivity (Wildman–Crippen MR) is 83.6 cm³/mol. The van der Waals surface area contributed by atoms with E-state index in [1.165, 1.54) is 6.42 Å². The summed E-state index contributed by atoms with van der Waals surface area (Å²) in [6.45, 7) is 4.41. The van der Waals surface area contributed by atoms with Gasteiger partial charge in [-0.1, -0.05) is 25.7 Å². The Kier molecular flexibility index (Phi) is 5.52. The lowest BCUT2D eigenvalue weighted by molar-refractivity contribution is 0.101. The first kappa shape index (κ1) is 15.7. The number of ether oxygens (including phenoxy) is 2. The zero-order chi connectivity index (χ0) is 15.2. The molecule has 0 aliphatic heterocycles. The molecule has 2 rings (SSSR count). The number of hydrogen-bond donors (Lipinski definition) is 1. The summed E-state index contributed by atoms with van der Waals surface area (Å²) in [5, 5.41) is 8.89. The van der Waals surface area contributed by atoms with Crippen molar-refractivity contribution in [1.82, 2.24) is 0 Å². The van der Waals surface area contributed by atoms with Gasteiger partial charge in [-0.2, -0.15) is 0 Å². The van der Waals surface area contributed by atoms with E-state index in [2.05, 4.69) is 25.7 Å². The van der Waals surface area contributed by atoms with Crippen molar-refractivity contribution < 1.29 is 14.6 Å². The number of hydrogen-bond acceptors (Lipinski definition) is 3. The van der Waals surface area contributed by atoms with Crippen LogP contribution in [0.3, 0.4) is 0 Å². The Morgan fingerprint density at radius 3 is 2.52 bits per heavy atom. The van der Waals surface area contributed by atoms with Gasteiger partial charge in [-0.25, -0.2) is 0 Å². The molecule has 1 aliphatic rings. The van der Waals surface area contributed by atoms with E-state index >= 15 is 0 Å². The number of rotatable bonds is 3. The number of aliphatic hydroxyl groups excluding tert-OH is 1. The van der Waals surface area contributed by atoms with Crippen LogP contribution >= 0.6 is 0 Å². The van der Waals surface area contributed by atoms with Gasteiger partial charge in [-0.3, -0.25) is 0 Å². The summed E-state index contributed by atoms with van der Waals surface area (Å²) < 4.78 is 11.4. The topological polar surface area (TPSA) is 38.7 Å². The molecule has 21 heavy (non-hydrogen) atoms. The normalized spacial score (nSPS) is 24.9. The van der Waals surface area contributed by atoms with Crippen molar-refractivity contribution in [2.45, 2.75) is 39.2 Å². The zero-order valence-electron chi connectivity index (χ0n) is 13.1. The van der Waals surface area contributed by atoms with Crippen LogP contribution in [0.1, 0.15) is 38.7 Å². The highest BCUT2D eigenvalue weighted by molar-refractivity contribution is 5.50. The SMILES string of the molecule is COc1ccc(OC2CC(C)CC(C)C2)c(C#CCO)c1. The number of aliphatic hydroxyl groups is 1. The minimum absolute atomic E-state index is 0.159. The molecule has 1 aromatic rings. The van der Waals surface area contributed by atoms with Gasteiger partial charge in [0.1, 0.15) is 18.1 Å². The van der Waals surface area contributed by atoms with Gasteiger partial charge in [-0.15, -0.1) is 0 Å². The van der Waals surface area contributed by atoms with Crippen LogP contribution in [0.25, 0.3) is 0 Å². The van der Waals surface area contributed by atoms with Crippen molar-refractivity contribution in [3.05, 3.63) is 23.8 Å². The molecule has 0 aromatic heterocycles. The fraction of sp³-hybridized carbons (Fsp3) is 0.556. The van der Waals surface area contributed by atoms with Crippen molar-refractivity contribution >= 4 is 0 Å². The highest BCUT2D eigenvalue weighted by Crippen LogP contribution is 2.33. The Balaban J connectivity index is 2.18. The fourth-order valence-corrected chi connectivity index (χ4v) is 3.12. The summed E-state index contributed by atoms with van der Waals surface area (Å²) in [6, 6.07) is 5.65. The van der Waals surface area contributed by atoms with Crippen molar-refractivity contribution in [3.63, 3.8) is 0 Å². The van der Waals surface area contributed by atoms with Gasteiger partial charge < -0.3 is 14.6 Å². The molecule has 114 valence electrons. The maximum Gasteiger partial charge on any atom is 0.135 e. The lowest BCUT2D eigenvalue weighted by Crippen LogP contribution is -2.28. The summed E-state index contributed by atoms with van der Waals surface area (Å²) in [5.41, 5.74) is 0.772. The minimum Gasteiger partial charge on any atom is -0.497 e. The van der Waals surface area contributed by atoms with Gasteiger partial charge in [0.2, 0.25) is 0 Å². The van der Waals surface area contributed by atoms with Gasteiger partial charge in [0.25, 0.3) is 0 Å². The second-order valence-corrected chi connectivity index (χ2v) is 5.98. The Morgan fingerprint density at radius 1 is 1.19 bits per heavy atom. The molecule has 3 nitrogen and oxygen atoms in total. The molecule has 0 spiro atoms. The quantitative estimate of drug-likeness (QED) is 0.868. The number of methoxy groups -OCH3 is 1. The molecular weight excluding hydrogens is 264 g/mol. The third-order valence-corrected chi connectivity index (χ3v) is 3.92. The average Bonchev–Trinajstić information content (AvgIpc) is 2.45. The van der Waals surface area contributed by atoms with E-state index in [1.807, 2.05) is 18.2 Å². The lowest BCUT2D eigenvalue weighted by atomic mass is 9.82. The Hall–Kier alpha value is -1.66. The summed E-state index contributed by atoms with van der Waals surface area (Å²) in [7, 11) is 1.63. The van der Waals surface area contributed by atoms with Crippen LogP contribution in [0.4, 0.5) is 0 Å². The molecule has 0 heterocycles. The third kappa shape index (κ3) is 4.41. The molecule has 1 aromatic carbocycles. The van der Waals surface area contributed by atoms with Crippen LogP contribution in [0.5, 0.6) is 11.5 Å². The minimum atomic E-state index is -0.159. The summed E-state index contributed by atoms with van der Waals surface area (Å²) in [6.07, 6.45) is 3.69. The predicted octanol–water partition coefficient (Wildman–Crippen LogP) is 3.24. The van der Waals surface area contributed by atoms with Gasteiger partial charge in [0.05, 0.1) is 18.8 Å². The van der Waals surface area contributed by atoms with Crippen molar-refractivity contribution in [2.75, 3.05) is 13.7 Å². The maximum absolute atomic E-state index is 8.89. The van der Waals surface area contributed by atoms with Gasteiger partial charge in [0.15, 0.2) is 0 Å². The van der Waals surface area contributed by atoms with Crippen LogP contribution in [0, 0.1) is 23.7 Å². The Labute approximate surface area is 127 Å². The molecule has 0 amide bonds. The van der Waals surface area contributed by atoms with Crippen molar-refractivity contribution in [1.29, 1.82) is 0 Å². The lowest BCUT2D eigenvalue weighted by Gasteiger charge is -2.32. The van der Waals surface area contributed by atoms with Crippen molar-refractivity contribution in [2.24, 2.45) is 11.8 Å². The van der Waals surface area contributed by atoms with Crippen LogP contribution in [0.2, 0.25) is 0 Å². The standard InChI is InChI=1S/C18H24O3/c1-13-9-14(2)11-17(10-13)21-18-7-6-16(20-3)12-15(18)5-4-8-19/h6-7,12-14,17,19H,8-11H2,1-3H3. The summed E-state index contributed by atoms with van der Waals surface area (Å²) in [5.74, 6) is 8.55. The second kappa shape index (κ2) is 7.38. The fourth-order valence-electron chi connectivity index (χ4n) is 3.12. The molecule has 1 aliphatic carbocycles. The second-order valence-electron chi connectivity index (χ2n) is 5.98. The van der Waals surface area contributed by atoms with E-state index in [1.54, 1.807) is 7.11 Å². The van der Waals surface area contributed by atoms with Crippen molar-refractivity contribution in [3.8, 4) is 23.3 Å². The first-order valence-electron chi connectivity index (χ1n) is 7.56. The average molecular weight is 288 g/mol. The van der Waals surface area contributed by atoms with Crippen LogP contribution < -0.4 is 9.47 Å². The first-order chi connectivity index (χ1) is 10.1. The summed E-state index contributed by atoms with van der Waals surface area (Å²) in [4.78, 5) is 0. The smallest absolute Gasteiger partial charge is 0.135 e. The van der Waals surface area contributed by atoms with Crippen LogP contribution in [-0.4, -0.2) is 24.9 Å². The van der Waals surface area contributed by atoms with Gasteiger partial charge in [0, 0.05) is 0 Å². The third-order valence-electron chi connectivity index (χ3n) is 3.92. The monoisotopic (exact) mass is 288 g/mol. The van der Waals surface area contributed by atoms with E-state index in [0.717, 1.165) is 29.9 Å². The van der Waals surface area contributed by atoms with E-state index in [9.17, 15) is 0 Å². The van der Waals surface area contributed by atoms with Crippen LogP contribution in [-0.2, 0) is 0 Å². The number of benzene rings is 1. The largest absolute Gasteiger partial charge is 0.497 e. The molecule has 1 N–H and O–H groups in total.